The van der Waals surface area contributed by atoms with E-state index in [2.05, 4.69) is 41.5 Å². The molecule has 5 aliphatic carbocycles. The van der Waals surface area contributed by atoms with Crippen LogP contribution in [0.3, 0.4) is 0 Å². The molecule has 3 unspecified atom stereocenters. The third-order valence-corrected chi connectivity index (χ3v) is 22.5. The second kappa shape index (κ2) is 20.2. The molecule has 5 aliphatic heterocycles. The summed E-state index contributed by atoms with van der Waals surface area (Å²) in [6.45, 7) is 13.9. The van der Waals surface area contributed by atoms with Crippen molar-refractivity contribution in [1.82, 2.24) is 0 Å². The molecule has 10 rings (SSSR count). The third-order valence-electron chi connectivity index (χ3n) is 22.5. The summed E-state index contributed by atoms with van der Waals surface area (Å²) in [6, 6.07) is 0. The van der Waals surface area contributed by atoms with Crippen LogP contribution in [0.4, 0.5) is 0 Å². The summed E-state index contributed by atoms with van der Waals surface area (Å²) >= 11 is 0. The molecule has 10 aliphatic rings. The van der Waals surface area contributed by atoms with Gasteiger partial charge in [0.05, 0.1) is 50.3 Å². The predicted molar refractivity (Wildman–Crippen MR) is 256 cm³/mol. The molecule has 10 fully saturated rings. The highest BCUT2D eigenvalue weighted by atomic mass is 16.8. The number of hydrogen-bond donors (Lipinski definition) is 13. The normalized spacial score (nSPS) is 58.6. The van der Waals surface area contributed by atoms with Gasteiger partial charge in [-0.15, -0.1) is 0 Å². The van der Waals surface area contributed by atoms with E-state index in [4.69, 9.17) is 42.6 Å². The van der Waals surface area contributed by atoms with Crippen LogP contribution < -0.4 is 0 Å². The fourth-order valence-corrected chi connectivity index (χ4v) is 17.7. The Kier molecular flexibility index (Phi) is 15.5. The summed E-state index contributed by atoms with van der Waals surface area (Å²) < 4.78 is 56.3. The Bertz CT molecular complexity index is 2020. The molecule has 0 radical (unpaired) electrons. The fraction of sp³-hybridized carbons (Fsp3) is 1.00. The Morgan fingerprint density at radius 3 is 1.77 bits per heavy atom. The minimum absolute atomic E-state index is 0.108. The van der Waals surface area contributed by atoms with Gasteiger partial charge in [0, 0.05) is 17.4 Å². The van der Waals surface area contributed by atoms with Crippen LogP contribution in [0.15, 0.2) is 0 Å². The summed E-state index contributed by atoms with van der Waals surface area (Å²) in [6.07, 6.45) is -23.9. The van der Waals surface area contributed by atoms with Crippen LogP contribution in [0, 0.1) is 50.2 Å². The first-order valence-corrected chi connectivity index (χ1v) is 27.7. The summed E-state index contributed by atoms with van der Waals surface area (Å²) in [7, 11) is 0. The summed E-state index contributed by atoms with van der Waals surface area (Å²) in [5.74, 6) is 0.556. The van der Waals surface area contributed by atoms with Crippen molar-refractivity contribution >= 4 is 0 Å². The summed E-state index contributed by atoms with van der Waals surface area (Å²) in [4.78, 5) is 0. The molecule has 22 nitrogen and oxygen atoms in total. The first kappa shape index (κ1) is 57.4. The average molecular weight is 1080 g/mol. The van der Waals surface area contributed by atoms with E-state index in [-0.39, 0.29) is 51.4 Å². The topological polar surface area (TPSA) is 346 Å². The largest absolute Gasteiger partial charge is 0.396 e. The monoisotopic (exact) mass is 1080 g/mol. The molecular formula is C53H88O22. The molecule has 13 N–H and O–H groups in total. The Morgan fingerprint density at radius 2 is 1.12 bits per heavy atom. The van der Waals surface area contributed by atoms with Gasteiger partial charge in [-0.25, -0.2) is 0 Å². The van der Waals surface area contributed by atoms with Gasteiger partial charge in [0.2, 0.25) is 0 Å². The van der Waals surface area contributed by atoms with Gasteiger partial charge in [-0.1, -0.05) is 41.5 Å². The zero-order valence-electron chi connectivity index (χ0n) is 44.5. The molecule has 0 aromatic heterocycles. The van der Waals surface area contributed by atoms with Crippen LogP contribution in [0.25, 0.3) is 0 Å². The Morgan fingerprint density at radius 1 is 0.520 bits per heavy atom. The smallest absolute Gasteiger partial charge is 0.187 e. The Balaban J connectivity index is 0.901. The minimum Gasteiger partial charge on any atom is -0.396 e. The van der Waals surface area contributed by atoms with E-state index in [1.807, 2.05) is 0 Å². The number of aliphatic hydroxyl groups excluding tert-OH is 13. The zero-order chi connectivity index (χ0) is 54.3. The Labute approximate surface area is 438 Å². The second-order valence-electron chi connectivity index (χ2n) is 26.4. The lowest BCUT2D eigenvalue weighted by molar-refractivity contribution is -0.394. The van der Waals surface area contributed by atoms with Crippen molar-refractivity contribution in [3.05, 3.63) is 0 Å². The van der Waals surface area contributed by atoms with Gasteiger partial charge >= 0.3 is 0 Å². The second-order valence-corrected chi connectivity index (χ2v) is 26.4. The molecule has 22 heteroatoms. The molecule has 2 bridgehead atoms. The third kappa shape index (κ3) is 8.62. The predicted octanol–water partition coefficient (Wildman–Crippen LogP) is -1.71. The molecule has 0 aromatic rings. The number of aliphatic hydroxyl groups is 13. The van der Waals surface area contributed by atoms with Crippen LogP contribution in [0.2, 0.25) is 0 Å². The SMILES string of the molecule is C[C@H]1O[C@H](O[C@@H]2[C@@H](O[C@@H]3CO[C@H](O[C@@H]4CC[C@]5(C)C(CC[C@@]6(C)C5CC[C@@]57OC[C@]8(CC[C@@](C)(CO)CC85)[C@@H](O)C[C@]67C)C4(C)C)[C@@H](O[C@H]4O[C@@H](CO)[C@H](O)[C@@H](O)[C@@H]4O)[C@@H]3O)O[C@@H](CO)[C@H](O)[C@H]2O)[C@@H](O)[C@@H](O)[C@@H]1O. The lowest BCUT2D eigenvalue weighted by atomic mass is 9.30. The van der Waals surface area contributed by atoms with Crippen molar-refractivity contribution in [2.75, 3.05) is 33.0 Å². The molecular weight excluding hydrogens is 989 g/mol. The van der Waals surface area contributed by atoms with Crippen molar-refractivity contribution in [3.63, 3.8) is 0 Å². The van der Waals surface area contributed by atoms with Gasteiger partial charge in [-0.3, -0.25) is 0 Å². The van der Waals surface area contributed by atoms with E-state index < -0.39 is 160 Å². The van der Waals surface area contributed by atoms with Crippen molar-refractivity contribution in [2.24, 2.45) is 50.2 Å². The van der Waals surface area contributed by atoms with E-state index in [0.717, 1.165) is 51.4 Å². The highest BCUT2D eigenvalue weighted by Gasteiger charge is 2.80. The molecule has 1 spiro atoms. The summed E-state index contributed by atoms with van der Waals surface area (Å²) in [5.41, 5.74) is -2.16. The lowest BCUT2D eigenvalue weighted by Gasteiger charge is -2.75. The highest BCUT2D eigenvalue weighted by molar-refractivity contribution is 5.28. The fourth-order valence-electron chi connectivity index (χ4n) is 17.7. The van der Waals surface area contributed by atoms with Gasteiger partial charge < -0.3 is 109 Å². The maximum atomic E-state index is 12.4. The van der Waals surface area contributed by atoms with Crippen molar-refractivity contribution < 1.29 is 109 Å². The van der Waals surface area contributed by atoms with Gasteiger partial charge in [-0.2, -0.15) is 0 Å². The molecule has 75 heavy (non-hydrogen) atoms. The first-order valence-electron chi connectivity index (χ1n) is 27.7. The van der Waals surface area contributed by atoms with E-state index in [9.17, 15) is 66.4 Å². The van der Waals surface area contributed by atoms with E-state index >= 15 is 0 Å². The molecule has 0 aromatic carbocycles. The molecule has 5 saturated carbocycles. The molecule has 5 saturated heterocycles. The first-order chi connectivity index (χ1) is 35.2. The molecule has 30 atom stereocenters. The van der Waals surface area contributed by atoms with Crippen molar-refractivity contribution in [1.29, 1.82) is 0 Å². The van der Waals surface area contributed by atoms with E-state index in [0.29, 0.717) is 19.4 Å². The standard InChI is InChI=1S/C53H88O22/c1-23-32(58)36(62)39(65)43(69-23)75-42-38(64)34(60)25(19-55)71-46(42)72-26-20-67-45(41(35(26)61)74-44-40(66)37(63)33(59)24(18-54)70-44)73-31-10-11-49(5)27(47(31,2)3)8-12-50(6)28(49)9-13-53-29-16-48(4,21-56)14-15-52(29,22-68-53)30(57)17-51(50,53)7/h23-46,54-66H,8-22H2,1-7H3/t23-,24+,25+,26-,27?,28?,29?,30+,31-,32-,33+,34+,35-,36+,37-,38-,39+,40+,41+,42+,43-,44-,45-,46-,48-,49-,50+,51-,52+,53-/m1/s1. The van der Waals surface area contributed by atoms with Gasteiger partial charge in [0.15, 0.2) is 25.2 Å². The van der Waals surface area contributed by atoms with Crippen molar-refractivity contribution in [3.8, 4) is 0 Å². The van der Waals surface area contributed by atoms with Crippen LogP contribution >= 0.6 is 0 Å². The van der Waals surface area contributed by atoms with Crippen LogP contribution in [0.5, 0.6) is 0 Å². The maximum absolute atomic E-state index is 12.4. The van der Waals surface area contributed by atoms with Crippen molar-refractivity contribution in [2.45, 2.75) is 247 Å². The highest BCUT2D eigenvalue weighted by Crippen LogP contribution is 2.80. The molecule has 5 heterocycles. The van der Waals surface area contributed by atoms with E-state index in [1.54, 1.807) is 0 Å². The number of rotatable bonds is 11. The number of fused-ring (bicyclic) bond motifs is 4. The molecule has 0 amide bonds. The van der Waals surface area contributed by atoms with Gasteiger partial charge in [-0.05, 0) is 111 Å². The van der Waals surface area contributed by atoms with Crippen LogP contribution in [-0.4, -0.2) is 234 Å². The summed E-state index contributed by atoms with van der Waals surface area (Å²) in [5, 5.41) is 142. The van der Waals surface area contributed by atoms with E-state index in [1.165, 1.54) is 6.92 Å². The zero-order valence-corrected chi connectivity index (χ0v) is 44.5. The van der Waals surface area contributed by atoms with Crippen LogP contribution in [0.1, 0.15) is 113 Å². The van der Waals surface area contributed by atoms with Gasteiger partial charge in [0.1, 0.15) is 85.5 Å². The Hall–Kier alpha value is -0.880. The lowest BCUT2D eigenvalue weighted by Crippen LogP contribution is -2.74. The number of ether oxygens (including phenoxy) is 9. The van der Waals surface area contributed by atoms with Crippen LogP contribution in [-0.2, 0) is 42.6 Å². The quantitative estimate of drug-likeness (QED) is 0.102. The molecule has 432 valence electrons. The average Bonchev–Trinajstić information content (AvgIpc) is 3.66. The van der Waals surface area contributed by atoms with Gasteiger partial charge in [0.25, 0.3) is 0 Å². The minimum atomic E-state index is -1.88. The number of hydrogen-bond acceptors (Lipinski definition) is 22. The maximum Gasteiger partial charge on any atom is 0.187 e.